The van der Waals surface area contributed by atoms with Gasteiger partial charge in [0.25, 0.3) is 0 Å². The van der Waals surface area contributed by atoms with E-state index in [4.69, 9.17) is 5.26 Å². The predicted molar refractivity (Wildman–Crippen MR) is 145 cm³/mol. The van der Waals surface area contributed by atoms with Gasteiger partial charge in [-0.1, -0.05) is 50.2 Å². The summed E-state index contributed by atoms with van der Waals surface area (Å²) in [5.41, 5.74) is 3.07. The molecule has 3 amide bonds. The molecule has 0 saturated carbocycles. The first kappa shape index (κ1) is 27.8. The quantitative estimate of drug-likeness (QED) is 0.339. The summed E-state index contributed by atoms with van der Waals surface area (Å²) in [6.45, 7) is 5.51. The Kier molecular flexibility index (Phi) is 10.2. The number of aryl methyl sites for hydroxylation is 1. The molecule has 3 rings (SSSR count). The van der Waals surface area contributed by atoms with E-state index in [2.05, 4.69) is 33.9 Å². The molecule has 194 valence electrons. The van der Waals surface area contributed by atoms with Gasteiger partial charge in [-0.3, -0.25) is 14.4 Å². The monoisotopic (exact) mass is 519 g/mol. The van der Waals surface area contributed by atoms with Crippen molar-refractivity contribution in [3.63, 3.8) is 0 Å². The molecule has 0 spiro atoms. The predicted octanol–water partition coefficient (Wildman–Crippen LogP) is 3.30. The number of fused-ring (bicyclic) bond motifs is 1. The number of hydrogen-bond acceptors (Lipinski definition) is 6. The van der Waals surface area contributed by atoms with Crippen molar-refractivity contribution in [2.24, 2.45) is 5.92 Å². The fourth-order valence-corrected chi connectivity index (χ4v) is 4.89. The molecule has 9 heteroatoms. The third-order valence-electron chi connectivity index (χ3n) is 6.04. The average molecular weight is 520 g/mol. The Bertz CT molecular complexity index is 1270. The van der Waals surface area contributed by atoms with Gasteiger partial charge in [-0.05, 0) is 43.0 Å². The smallest absolute Gasteiger partial charge is 0.243 e. The second-order valence-electron chi connectivity index (χ2n) is 8.93. The lowest BCUT2D eigenvalue weighted by molar-refractivity contribution is -0.129. The van der Waals surface area contributed by atoms with Gasteiger partial charge in [0.2, 0.25) is 17.7 Å². The molecule has 0 saturated heterocycles. The van der Waals surface area contributed by atoms with Crippen molar-refractivity contribution in [3.8, 4) is 6.07 Å². The lowest BCUT2D eigenvalue weighted by Gasteiger charge is -2.24. The number of thiazole rings is 1. The third kappa shape index (κ3) is 8.12. The molecule has 3 atom stereocenters. The Morgan fingerprint density at radius 2 is 1.76 bits per heavy atom. The Morgan fingerprint density at radius 3 is 2.43 bits per heavy atom. The van der Waals surface area contributed by atoms with Crippen molar-refractivity contribution < 1.29 is 14.4 Å². The van der Waals surface area contributed by atoms with Gasteiger partial charge in [0.05, 0.1) is 27.3 Å². The van der Waals surface area contributed by atoms with Crippen LogP contribution in [0.3, 0.4) is 0 Å². The summed E-state index contributed by atoms with van der Waals surface area (Å²) in [7, 11) is 0. The first-order valence-corrected chi connectivity index (χ1v) is 13.3. The van der Waals surface area contributed by atoms with E-state index >= 15 is 0 Å². The number of nitrogens with zero attached hydrogens (tertiary/aromatic N) is 2. The fourth-order valence-electron chi connectivity index (χ4n) is 3.81. The number of aromatic nitrogens is 1. The Morgan fingerprint density at radius 1 is 1.00 bits per heavy atom. The number of carbonyl (C=O) groups excluding carboxylic acids is 3. The molecule has 2 aromatic carbocycles. The largest absolute Gasteiger partial charge is 0.353 e. The van der Waals surface area contributed by atoms with Crippen LogP contribution in [0.25, 0.3) is 10.2 Å². The standard InChI is InChI=1S/C28H33N5O3S/c1-4-19-11-12-22-24(14-19)37-26(33-22)15-23(32-25(34)5-2)28(36)31-21(13-20-9-7-6-8-10-20)17-30-27(35)18(3)16-29/h6-12,14,18,21,23H,4-5,13,15,17H2,1-3H3,(H,30,35)(H,31,36)(H,32,34)/t18?,21-,23-/m0/s1. The Labute approximate surface area is 221 Å². The Hall–Kier alpha value is -3.77. The summed E-state index contributed by atoms with van der Waals surface area (Å²) in [6.07, 6.45) is 1.91. The molecule has 0 aliphatic rings. The molecule has 0 aliphatic heterocycles. The third-order valence-corrected chi connectivity index (χ3v) is 7.08. The van der Waals surface area contributed by atoms with Gasteiger partial charge in [-0.25, -0.2) is 4.98 Å². The molecule has 1 heterocycles. The van der Waals surface area contributed by atoms with Crippen molar-refractivity contribution in [1.29, 1.82) is 5.26 Å². The SMILES string of the molecule is CCC(=O)N[C@@H](Cc1nc2ccc(CC)cc2s1)C(=O)N[C@H](CNC(=O)C(C)C#N)Cc1ccccc1. The van der Waals surface area contributed by atoms with Gasteiger partial charge >= 0.3 is 0 Å². The highest BCUT2D eigenvalue weighted by Gasteiger charge is 2.25. The number of nitrogens with one attached hydrogen (secondary N) is 3. The Balaban J connectivity index is 1.78. The van der Waals surface area contributed by atoms with Gasteiger partial charge in [-0.15, -0.1) is 11.3 Å². The summed E-state index contributed by atoms with van der Waals surface area (Å²) in [4.78, 5) is 42.6. The van der Waals surface area contributed by atoms with E-state index in [0.29, 0.717) is 6.42 Å². The highest BCUT2D eigenvalue weighted by Crippen LogP contribution is 2.24. The van der Waals surface area contributed by atoms with Crippen LogP contribution >= 0.6 is 11.3 Å². The van der Waals surface area contributed by atoms with Crippen molar-refractivity contribution in [3.05, 3.63) is 64.7 Å². The van der Waals surface area contributed by atoms with Gasteiger partial charge in [-0.2, -0.15) is 5.26 Å². The van der Waals surface area contributed by atoms with E-state index in [1.54, 1.807) is 6.92 Å². The topological polar surface area (TPSA) is 124 Å². The molecule has 3 aromatic rings. The molecule has 0 fully saturated rings. The van der Waals surface area contributed by atoms with E-state index in [1.807, 2.05) is 48.5 Å². The summed E-state index contributed by atoms with van der Waals surface area (Å²) < 4.78 is 1.05. The van der Waals surface area contributed by atoms with Crippen LogP contribution in [0.1, 0.15) is 43.3 Å². The molecular weight excluding hydrogens is 486 g/mol. The number of nitriles is 1. The van der Waals surface area contributed by atoms with Crippen LogP contribution in [0.15, 0.2) is 48.5 Å². The van der Waals surface area contributed by atoms with Crippen LogP contribution in [-0.2, 0) is 33.6 Å². The van der Waals surface area contributed by atoms with Crippen LogP contribution in [-0.4, -0.2) is 41.3 Å². The van der Waals surface area contributed by atoms with E-state index in [0.717, 1.165) is 27.2 Å². The zero-order valence-electron chi connectivity index (χ0n) is 21.4. The van der Waals surface area contributed by atoms with Crippen LogP contribution in [0.4, 0.5) is 0 Å². The molecule has 3 N–H and O–H groups in total. The lowest BCUT2D eigenvalue weighted by atomic mass is 10.0. The van der Waals surface area contributed by atoms with Crippen LogP contribution in [0.2, 0.25) is 0 Å². The maximum absolute atomic E-state index is 13.4. The highest BCUT2D eigenvalue weighted by molar-refractivity contribution is 7.18. The summed E-state index contributed by atoms with van der Waals surface area (Å²) in [6, 6.07) is 16.4. The second-order valence-corrected chi connectivity index (χ2v) is 10.0. The van der Waals surface area contributed by atoms with Crippen molar-refractivity contribution in [2.75, 3.05) is 6.54 Å². The van der Waals surface area contributed by atoms with Crippen LogP contribution in [0, 0.1) is 17.2 Å². The van der Waals surface area contributed by atoms with Crippen molar-refractivity contribution in [1.82, 2.24) is 20.9 Å². The molecule has 37 heavy (non-hydrogen) atoms. The van der Waals surface area contributed by atoms with Gasteiger partial charge in [0.1, 0.15) is 12.0 Å². The maximum atomic E-state index is 13.4. The lowest BCUT2D eigenvalue weighted by Crippen LogP contribution is -2.53. The van der Waals surface area contributed by atoms with Crippen molar-refractivity contribution in [2.45, 2.75) is 58.5 Å². The van der Waals surface area contributed by atoms with Crippen LogP contribution < -0.4 is 16.0 Å². The molecule has 1 unspecified atom stereocenters. The number of rotatable bonds is 12. The molecule has 0 radical (unpaired) electrons. The number of hydrogen-bond donors (Lipinski definition) is 3. The highest BCUT2D eigenvalue weighted by atomic mass is 32.1. The first-order chi connectivity index (χ1) is 17.8. The summed E-state index contributed by atoms with van der Waals surface area (Å²) >= 11 is 1.52. The maximum Gasteiger partial charge on any atom is 0.243 e. The molecule has 8 nitrogen and oxygen atoms in total. The number of benzene rings is 2. The summed E-state index contributed by atoms with van der Waals surface area (Å²) in [5.74, 6) is -1.77. The molecular formula is C28H33N5O3S. The van der Waals surface area contributed by atoms with Gasteiger partial charge in [0, 0.05) is 19.4 Å². The van der Waals surface area contributed by atoms with E-state index < -0.39 is 23.9 Å². The summed E-state index contributed by atoms with van der Waals surface area (Å²) in [5, 5.41) is 18.4. The second kappa shape index (κ2) is 13.5. The van der Waals surface area contributed by atoms with Gasteiger partial charge < -0.3 is 16.0 Å². The number of amides is 3. The minimum atomic E-state index is -0.814. The molecule has 0 bridgehead atoms. The molecule has 1 aromatic heterocycles. The number of carbonyl (C=O) groups is 3. The normalized spacial score (nSPS) is 13.2. The van der Waals surface area contributed by atoms with Crippen LogP contribution in [0.5, 0.6) is 0 Å². The minimum absolute atomic E-state index is 0.154. The average Bonchev–Trinajstić information content (AvgIpc) is 3.32. The fraction of sp³-hybridized carbons (Fsp3) is 0.393. The first-order valence-electron chi connectivity index (χ1n) is 12.5. The zero-order chi connectivity index (χ0) is 26.8. The van der Waals surface area contributed by atoms with E-state index in [9.17, 15) is 14.4 Å². The molecule has 0 aliphatic carbocycles. The van der Waals surface area contributed by atoms with Crippen molar-refractivity contribution >= 4 is 39.3 Å². The minimum Gasteiger partial charge on any atom is -0.353 e. The van der Waals surface area contributed by atoms with E-state index in [-0.39, 0.29) is 31.2 Å². The van der Waals surface area contributed by atoms with Gasteiger partial charge in [0.15, 0.2) is 0 Å². The zero-order valence-corrected chi connectivity index (χ0v) is 22.2. The van der Waals surface area contributed by atoms with E-state index in [1.165, 1.54) is 23.8 Å².